The molecule has 0 aliphatic rings. The van der Waals surface area contributed by atoms with Gasteiger partial charge in [0.1, 0.15) is 0 Å². The van der Waals surface area contributed by atoms with Crippen LogP contribution >= 0.6 is 11.6 Å². The van der Waals surface area contributed by atoms with Gasteiger partial charge in [-0.05, 0) is 12.1 Å². The number of benzene rings is 1. The minimum absolute atomic E-state index is 0.0764. The van der Waals surface area contributed by atoms with E-state index < -0.39 is 0 Å². The number of fused-ring (bicyclic) bond motifs is 1. The highest BCUT2D eigenvalue weighted by Crippen LogP contribution is 2.17. The molecule has 0 atom stereocenters. The molecule has 0 aliphatic carbocycles. The fourth-order valence-corrected chi connectivity index (χ4v) is 1.43. The molecule has 3 nitrogen and oxygen atoms in total. The zero-order valence-corrected chi connectivity index (χ0v) is 7.75. The molecule has 0 bridgehead atoms. The molecule has 2 aromatic rings. The summed E-state index contributed by atoms with van der Waals surface area (Å²) in [5.74, 6) is 0. The predicted molar refractivity (Wildman–Crippen MR) is 52.0 cm³/mol. The smallest absolute Gasteiger partial charge is 0.260 e. The average molecular weight is 195 g/mol. The molecule has 0 unspecified atom stereocenters. The number of halogens is 1. The van der Waals surface area contributed by atoms with Crippen LogP contribution in [0.15, 0.2) is 29.3 Å². The Labute approximate surface area is 79.6 Å². The summed E-state index contributed by atoms with van der Waals surface area (Å²) in [5, 5.41) is 1.06. The van der Waals surface area contributed by atoms with Crippen molar-refractivity contribution in [2.24, 2.45) is 7.05 Å². The number of hydrogen-bond acceptors (Lipinski definition) is 2. The van der Waals surface area contributed by atoms with Crippen molar-refractivity contribution in [3.05, 3.63) is 39.9 Å². The molecule has 0 radical (unpaired) electrons. The Hall–Kier alpha value is -1.35. The van der Waals surface area contributed by atoms with Crippen LogP contribution in [0.25, 0.3) is 10.9 Å². The van der Waals surface area contributed by atoms with E-state index in [0.717, 1.165) is 0 Å². The van der Waals surface area contributed by atoms with E-state index in [9.17, 15) is 4.79 Å². The minimum atomic E-state index is -0.0764. The van der Waals surface area contributed by atoms with E-state index in [1.165, 1.54) is 10.9 Å². The van der Waals surface area contributed by atoms with Crippen LogP contribution in [0, 0.1) is 0 Å². The Kier molecular flexibility index (Phi) is 1.81. The lowest BCUT2D eigenvalue weighted by Gasteiger charge is -2.00. The van der Waals surface area contributed by atoms with Gasteiger partial charge >= 0.3 is 0 Å². The fourth-order valence-electron chi connectivity index (χ4n) is 1.21. The molecule has 2 rings (SSSR count). The minimum Gasteiger partial charge on any atom is -0.302 e. The number of rotatable bonds is 0. The summed E-state index contributed by atoms with van der Waals surface area (Å²) >= 11 is 5.87. The second kappa shape index (κ2) is 2.85. The van der Waals surface area contributed by atoms with Gasteiger partial charge in [0.25, 0.3) is 5.56 Å². The second-order valence-corrected chi connectivity index (χ2v) is 3.20. The van der Waals surface area contributed by atoms with E-state index in [1.807, 2.05) is 0 Å². The number of aromatic nitrogens is 2. The van der Waals surface area contributed by atoms with Gasteiger partial charge in [-0.3, -0.25) is 4.79 Å². The summed E-state index contributed by atoms with van der Waals surface area (Å²) in [6.07, 6.45) is 1.47. The fraction of sp³-hybridized carbons (Fsp3) is 0.111. The van der Waals surface area contributed by atoms with Gasteiger partial charge in [0, 0.05) is 7.05 Å². The maximum atomic E-state index is 11.5. The quantitative estimate of drug-likeness (QED) is 0.639. The Morgan fingerprint density at radius 2 is 2.23 bits per heavy atom. The number of aryl methyl sites for hydroxylation is 1. The van der Waals surface area contributed by atoms with Crippen molar-refractivity contribution >= 4 is 22.5 Å². The van der Waals surface area contributed by atoms with Crippen molar-refractivity contribution in [1.29, 1.82) is 0 Å². The van der Waals surface area contributed by atoms with Crippen LogP contribution < -0.4 is 5.56 Å². The van der Waals surface area contributed by atoms with E-state index in [2.05, 4.69) is 4.98 Å². The number of para-hydroxylation sites is 1. The second-order valence-electron chi connectivity index (χ2n) is 2.80. The third-order valence-electron chi connectivity index (χ3n) is 1.90. The highest BCUT2D eigenvalue weighted by atomic mass is 35.5. The first kappa shape index (κ1) is 8.26. The molecular weight excluding hydrogens is 188 g/mol. The first-order valence-corrected chi connectivity index (χ1v) is 4.18. The molecule has 1 aromatic heterocycles. The van der Waals surface area contributed by atoms with Crippen molar-refractivity contribution in [1.82, 2.24) is 9.55 Å². The van der Waals surface area contributed by atoms with Crippen LogP contribution in [0.5, 0.6) is 0 Å². The molecule has 13 heavy (non-hydrogen) atoms. The summed E-state index contributed by atoms with van der Waals surface area (Å²) in [5.41, 5.74) is 0.486. The average Bonchev–Trinajstić information content (AvgIpc) is 2.12. The Morgan fingerprint density at radius 3 is 3.00 bits per heavy atom. The summed E-state index contributed by atoms with van der Waals surface area (Å²) < 4.78 is 1.43. The zero-order chi connectivity index (χ0) is 9.42. The maximum Gasteiger partial charge on any atom is 0.260 e. The van der Waals surface area contributed by atoms with E-state index >= 15 is 0 Å². The van der Waals surface area contributed by atoms with Crippen molar-refractivity contribution in [3.8, 4) is 0 Å². The van der Waals surface area contributed by atoms with Gasteiger partial charge < -0.3 is 4.57 Å². The molecule has 0 spiro atoms. The Morgan fingerprint density at radius 1 is 1.46 bits per heavy atom. The van der Waals surface area contributed by atoms with Crippen LogP contribution in [-0.2, 0) is 7.05 Å². The molecular formula is C9H7ClN2O. The lowest BCUT2D eigenvalue weighted by atomic mass is 10.2. The maximum absolute atomic E-state index is 11.5. The van der Waals surface area contributed by atoms with Crippen molar-refractivity contribution in [2.75, 3.05) is 0 Å². The van der Waals surface area contributed by atoms with Gasteiger partial charge in [0.15, 0.2) is 0 Å². The van der Waals surface area contributed by atoms with E-state index in [4.69, 9.17) is 11.6 Å². The molecule has 0 N–H and O–H groups in total. The largest absolute Gasteiger partial charge is 0.302 e. The summed E-state index contributed by atoms with van der Waals surface area (Å²) in [6.45, 7) is 0. The summed E-state index contributed by atoms with van der Waals surface area (Å²) in [4.78, 5) is 15.6. The van der Waals surface area contributed by atoms with Crippen LogP contribution in [-0.4, -0.2) is 9.55 Å². The summed E-state index contributed by atoms with van der Waals surface area (Å²) in [6, 6.07) is 5.18. The monoisotopic (exact) mass is 194 g/mol. The zero-order valence-electron chi connectivity index (χ0n) is 6.99. The van der Waals surface area contributed by atoms with E-state index in [1.54, 1.807) is 25.2 Å². The van der Waals surface area contributed by atoms with Crippen LogP contribution in [0.2, 0.25) is 5.02 Å². The van der Waals surface area contributed by atoms with E-state index in [-0.39, 0.29) is 5.56 Å². The molecule has 1 heterocycles. The van der Waals surface area contributed by atoms with Crippen LogP contribution in [0.1, 0.15) is 0 Å². The molecule has 0 saturated carbocycles. The molecule has 0 aliphatic heterocycles. The van der Waals surface area contributed by atoms with Gasteiger partial charge in [-0.15, -0.1) is 0 Å². The molecule has 4 heteroatoms. The first-order chi connectivity index (χ1) is 6.20. The highest BCUT2D eigenvalue weighted by molar-refractivity contribution is 6.34. The Balaban J connectivity index is 3.03. The van der Waals surface area contributed by atoms with Gasteiger partial charge in [-0.1, -0.05) is 17.7 Å². The molecule has 0 amide bonds. The SMILES string of the molecule is Cn1cnc2c(Cl)cccc2c1=O. The predicted octanol–water partition coefficient (Wildman–Crippen LogP) is 1.59. The van der Waals surface area contributed by atoms with Crippen LogP contribution in [0.3, 0.4) is 0 Å². The van der Waals surface area contributed by atoms with Gasteiger partial charge in [-0.2, -0.15) is 0 Å². The molecule has 0 fully saturated rings. The molecule has 66 valence electrons. The first-order valence-electron chi connectivity index (χ1n) is 3.80. The van der Waals surface area contributed by atoms with E-state index in [0.29, 0.717) is 15.9 Å². The lowest BCUT2D eigenvalue weighted by Crippen LogP contribution is -2.16. The third-order valence-corrected chi connectivity index (χ3v) is 2.20. The Bertz CT molecular complexity index is 518. The van der Waals surface area contributed by atoms with Crippen LogP contribution in [0.4, 0.5) is 0 Å². The van der Waals surface area contributed by atoms with Crippen molar-refractivity contribution < 1.29 is 0 Å². The van der Waals surface area contributed by atoms with Crippen molar-refractivity contribution in [3.63, 3.8) is 0 Å². The summed E-state index contributed by atoms with van der Waals surface area (Å²) in [7, 11) is 1.66. The third kappa shape index (κ3) is 1.21. The van der Waals surface area contributed by atoms with Gasteiger partial charge in [0.2, 0.25) is 0 Å². The topological polar surface area (TPSA) is 34.9 Å². The number of nitrogens with zero attached hydrogens (tertiary/aromatic N) is 2. The normalized spacial score (nSPS) is 10.6. The van der Waals surface area contributed by atoms with Crippen molar-refractivity contribution in [2.45, 2.75) is 0 Å². The number of hydrogen-bond donors (Lipinski definition) is 0. The standard InChI is InChI=1S/C9H7ClN2O/c1-12-5-11-8-6(9(12)13)3-2-4-7(8)10/h2-5H,1H3. The molecule has 1 aromatic carbocycles. The van der Waals surface area contributed by atoms with Gasteiger partial charge in [0.05, 0.1) is 22.3 Å². The lowest BCUT2D eigenvalue weighted by molar-refractivity contribution is 0.843. The molecule has 0 saturated heterocycles. The van der Waals surface area contributed by atoms with Gasteiger partial charge in [-0.25, -0.2) is 4.98 Å². The highest BCUT2D eigenvalue weighted by Gasteiger charge is 2.03.